The molecule has 0 spiro atoms. The van der Waals surface area contributed by atoms with Crippen molar-refractivity contribution in [1.29, 1.82) is 0 Å². The molecule has 0 aliphatic heterocycles. The first kappa shape index (κ1) is 18.6. The van der Waals surface area contributed by atoms with Gasteiger partial charge in [-0.15, -0.1) is 0 Å². The minimum absolute atomic E-state index is 0.224. The molecule has 0 saturated carbocycles. The fourth-order valence-electron chi connectivity index (χ4n) is 3.66. The quantitative estimate of drug-likeness (QED) is 0.635. The monoisotopic (exact) mass is 398 g/mol. The van der Waals surface area contributed by atoms with Gasteiger partial charge in [-0.3, -0.25) is 4.72 Å². The molecule has 4 rings (SSSR count). The molecule has 3 aromatic rings. The number of sulfonamides is 1. The van der Waals surface area contributed by atoms with Gasteiger partial charge >= 0.3 is 5.97 Å². The summed E-state index contributed by atoms with van der Waals surface area (Å²) < 4.78 is 33.2. The van der Waals surface area contributed by atoms with E-state index >= 15 is 0 Å². The van der Waals surface area contributed by atoms with Gasteiger partial charge in [0.2, 0.25) is 0 Å². The van der Waals surface area contributed by atoms with Crippen molar-refractivity contribution >= 4 is 32.6 Å². The molecule has 1 aliphatic rings. The molecule has 0 fully saturated rings. The van der Waals surface area contributed by atoms with Gasteiger partial charge in [-0.05, 0) is 80.6 Å². The molecule has 0 radical (unpaired) electrons. The van der Waals surface area contributed by atoms with E-state index in [4.69, 9.17) is 4.74 Å². The number of anilines is 1. The Bertz CT molecular complexity index is 1130. The summed E-state index contributed by atoms with van der Waals surface area (Å²) in [5.41, 5.74) is 4.20. The Morgan fingerprint density at radius 2 is 1.86 bits per heavy atom. The maximum Gasteiger partial charge on any atom is 0.338 e. The first-order valence-electron chi connectivity index (χ1n) is 9.41. The van der Waals surface area contributed by atoms with Crippen molar-refractivity contribution in [2.24, 2.45) is 0 Å². The number of aromatic amines is 1. The van der Waals surface area contributed by atoms with Gasteiger partial charge in [0.1, 0.15) is 0 Å². The highest BCUT2D eigenvalue weighted by Crippen LogP contribution is 2.31. The minimum Gasteiger partial charge on any atom is -0.462 e. The average molecular weight is 398 g/mol. The summed E-state index contributed by atoms with van der Waals surface area (Å²) in [4.78, 5) is 15.4. The second-order valence-corrected chi connectivity index (χ2v) is 8.58. The molecule has 1 aliphatic carbocycles. The largest absolute Gasteiger partial charge is 0.462 e. The summed E-state index contributed by atoms with van der Waals surface area (Å²) in [6.45, 7) is 2.03. The van der Waals surface area contributed by atoms with Crippen LogP contribution >= 0.6 is 0 Å². The lowest BCUT2D eigenvalue weighted by Gasteiger charge is -2.11. The third-order valence-electron chi connectivity index (χ3n) is 5.03. The van der Waals surface area contributed by atoms with Crippen LogP contribution in [0, 0.1) is 0 Å². The summed E-state index contributed by atoms with van der Waals surface area (Å²) in [6, 6.07) is 11.4. The molecule has 6 nitrogen and oxygen atoms in total. The number of esters is 1. The highest BCUT2D eigenvalue weighted by molar-refractivity contribution is 7.92. The second kappa shape index (κ2) is 7.31. The molecular weight excluding hydrogens is 376 g/mol. The Balaban J connectivity index is 1.60. The summed E-state index contributed by atoms with van der Waals surface area (Å²) in [7, 11) is -3.73. The number of rotatable bonds is 5. The maximum atomic E-state index is 12.8. The van der Waals surface area contributed by atoms with Crippen molar-refractivity contribution in [3.63, 3.8) is 0 Å². The average Bonchev–Trinajstić information content (AvgIpc) is 3.06. The molecule has 146 valence electrons. The smallest absolute Gasteiger partial charge is 0.338 e. The zero-order valence-electron chi connectivity index (χ0n) is 15.6. The SMILES string of the molecule is CCOC(=O)c1ccc(NS(=O)(=O)c2ccc3[nH]c4c(c3c2)CCCC4)cc1. The third-order valence-corrected chi connectivity index (χ3v) is 6.41. The summed E-state index contributed by atoms with van der Waals surface area (Å²) in [5.74, 6) is -0.431. The van der Waals surface area contributed by atoms with Gasteiger partial charge in [0.25, 0.3) is 10.0 Å². The van der Waals surface area contributed by atoms with E-state index in [9.17, 15) is 13.2 Å². The van der Waals surface area contributed by atoms with Crippen LogP contribution < -0.4 is 4.72 Å². The summed E-state index contributed by atoms with van der Waals surface area (Å²) in [5, 5.41) is 0.982. The molecule has 28 heavy (non-hydrogen) atoms. The Kier molecular flexibility index (Phi) is 4.85. The molecule has 2 aromatic carbocycles. The number of hydrogen-bond acceptors (Lipinski definition) is 4. The zero-order valence-corrected chi connectivity index (χ0v) is 16.4. The Morgan fingerprint density at radius 3 is 2.61 bits per heavy atom. The van der Waals surface area contributed by atoms with E-state index in [-0.39, 0.29) is 4.90 Å². The fourth-order valence-corrected chi connectivity index (χ4v) is 4.74. The van der Waals surface area contributed by atoms with Gasteiger partial charge in [0.15, 0.2) is 0 Å². The van der Waals surface area contributed by atoms with Crippen LogP contribution in [0.1, 0.15) is 41.4 Å². The number of aryl methyl sites for hydroxylation is 2. The number of aromatic nitrogens is 1. The molecule has 0 saturated heterocycles. The minimum atomic E-state index is -3.73. The van der Waals surface area contributed by atoms with Crippen molar-refractivity contribution in [1.82, 2.24) is 4.98 Å². The maximum absolute atomic E-state index is 12.8. The molecular formula is C21H22N2O4S. The summed E-state index contributed by atoms with van der Waals surface area (Å²) in [6.07, 6.45) is 4.27. The number of carbonyl (C=O) groups is 1. The van der Waals surface area contributed by atoms with Crippen LogP contribution in [-0.4, -0.2) is 26.0 Å². The van der Waals surface area contributed by atoms with E-state index in [1.165, 1.54) is 11.3 Å². The molecule has 1 heterocycles. The van der Waals surface area contributed by atoms with Crippen molar-refractivity contribution in [2.75, 3.05) is 11.3 Å². The first-order chi connectivity index (χ1) is 13.5. The number of nitrogens with one attached hydrogen (secondary N) is 2. The van der Waals surface area contributed by atoms with Crippen molar-refractivity contribution in [3.8, 4) is 0 Å². The molecule has 7 heteroatoms. The highest BCUT2D eigenvalue weighted by Gasteiger charge is 2.20. The van der Waals surface area contributed by atoms with Crippen molar-refractivity contribution in [3.05, 3.63) is 59.3 Å². The standard InChI is InChI=1S/C21H22N2O4S/c1-2-27-21(24)14-7-9-15(10-8-14)23-28(25,26)16-11-12-20-18(13-16)17-5-3-4-6-19(17)22-20/h7-13,22-23H,2-6H2,1H3. The molecule has 0 unspecified atom stereocenters. The van der Waals surface area contributed by atoms with Gasteiger partial charge in [0.05, 0.1) is 17.1 Å². The van der Waals surface area contributed by atoms with Crippen molar-refractivity contribution in [2.45, 2.75) is 37.5 Å². The molecule has 1 aromatic heterocycles. The van der Waals surface area contributed by atoms with Crippen LogP contribution in [0.2, 0.25) is 0 Å². The lowest BCUT2D eigenvalue weighted by atomic mass is 9.96. The predicted octanol–water partition coefficient (Wildman–Crippen LogP) is 4.02. The fraction of sp³-hybridized carbons (Fsp3) is 0.286. The second-order valence-electron chi connectivity index (χ2n) is 6.90. The van der Waals surface area contributed by atoms with Crippen LogP contribution in [0.4, 0.5) is 5.69 Å². The molecule has 0 amide bonds. The highest BCUT2D eigenvalue weighted by atomic mass is 32.2. The van der Waals surface area contributed by atoms with Gasteiger partial charge in [-0.1, -0.05) is 0 Å². The van der Waals surface area contributed by atoms with E-state index in [0.717, 1.165) is 36.6 Å². The number of fused-ring (bicyclic) bond motifs is 3. The van der Waals surface area contributed by atoms with Crippen molar-refractivity contribution < 1.29 is 17.9 Å². The van der Waals surface area contributed by atoms with E-state index in [2.05, 4.69) is 9.71 Å². The van der Waals surface area contributed by atoms with Crippen LogP contribution in [0.15, 0.2) is 47.4 Å². The van der Waals surface area contributed by atoms with E-state index in [0.29, 0.717) is 17.9 Å². The molecule has 0 atom stereocenters. The summed E-state index contributed by atoms with van der Waals surface area (Å²) >= 11 is 0. The zero-order chi connectivity index (χ0) is 19.7. The number of H-pyrrole nitrogens is 1. The number of ether oxygens (including phenoxy) is 1. The number of carbonyl (C=O) groups excluding carboxylic acids is 1. The number of hydrogen-bond donors (Lipinski definition) is 2. The van der Waals surface area contributed by atoms with Crippen LogP contribution in [0.3, 0.4) is 0 Å². The van der Waals surface area contributed by atoms with E-state index in [1.54, 1.807) is 43.3 Å². The predicted molar refractivity (Wildman–Crippen MR) is 108 cm³/mol. The number of benzene rings is 2. The van der Waals surface area contributed by atoms with Gasteiger partial charge in [0, 0.05) is 22.3 Å². The topological polar surface area (TPSA) is 88.3 Å². The lowest BCUT2D eigenvalue weighted by Crippen LogP contribution is -2.13. The van der Waals surface area contributed by atoms with Crippen LogP contribution in [0.5, 0.6) is 0 Å². The van der Waals surface area contributed by atoms with Gasteiger partial charge in [-0.2, -0.15) is 0 Å². The van der Waals surface area contributed by atoms with Gasteiger partial charge < -0.3 is 9.72 Å². The van der Waals surface area contributed by atoms with Crippen LogP contribution in [-0.2, 0) is 27.6 Å². The van der Waals surface area contributed by atoms with E-state index in [1.807, 2.05) is 6.07 Å². The molecule has 2 N–H and O–H groups in total. The van der Waals surface area contributed by atoms with Gasteiger partial charge in [-0.25, -0.2) is 13.2 Å². The Labute approximate surface area is 164 Å². The molecule has 0 bridgehead atoms. The third kappa shape index (κ3) is 3.49. The first-order valence-corrected chi connectivity index (χ1v) is 10.9. The lowest BCUT2D eigenvalue weighted by molar-refractivity contribution is 0.0526. The normalized spacial score (nSPS) is 13.9. The van der Waals surface area contributed by atoms with Crippen LogP contribution in [0.25, 0.3) is 10.9 Å². The van der Waals surface area contributed by atoms with E-state index < -0.39 is 16.0 Å². The Hall–Kier alpha value is -2.80. The Morgan fingerprint density at radius 1 is 1.11 bits per heavy atom.